The summed E-state index contributed by atoms with van der Waals surface area (Å²) in [4.78, 5) is 23.6. The maximum Gasteiger partial charge on any atom is 0.291 e. The highest BCUT2D eigenvalue weighted by atomic mass is 35.5. The average Bonchev–Trinajstić information content (AvgIpc) is 3.31. The molecule has 1 aromatic heterocycles. The van der Waals surface area contributed by atoms with Gasteiger partial charge < -0.3 is 19.2 Å². The zero-order chi connectivity index (χ0) is 25.8. The Morgan fingerprint density at radius 3 is 2.58 bits per heavy atom. The van der Waals surface area contributed by atoms with Crippen molar-refractivity contribution in [2.45, 2.75) is 13.5 Å². The molecule has 8 nitrogen and oxygen atoms in total. The van der Waals surface area contributed by atoms with Gasteiger partial charge in [0.05, 0.1) is 21.7 Å². The molecule has 0 saturated heterocycles. The molecular formula is C25H17Cl3N2O6. The Bertz CT molecular complexity index is 1450. The third kappa shape index (κ3) is 6.09. The number of hydrogen-bond acceptors (Lipinski definition) is 6. The van der Waals surface area contributed by atoms with Crippen molar-refractivity contribution in [3.05, 3.63) is 109 Å². The molecule has 0 aliphatic carbocycles. The van der Waals surface area contributed by atoms with E-state index in [0.717, 1.165) is 5.56 Å². The molecule has 36 heavy (non-hydrogen) atoms. The van der Waals surface area contributed by atoms with Gasteiger partial charge in [-0.25, -0.2) is 0 Å². The first-order chi connectivity index (χ1) is 17.2. The smallest absolute Gasteiger partial charge is 0.291 e. The zero-order valence-corrected chi connectivity index (χ0v) is 20.9. The van der Waals surface area contributed by atoms with Crippen LogP contribution < -0.4 is 14.8 Å². The van der Waals surface area contributed by atoms with Gasteiger partial charge in [-0.15, -0.1) is 0 Å². The summed E-state index contributed by atoms with van der Waals surface area (Å²) in [5.74, 6) is 0.720. The van der Waals surface area contributed by atoms with E-state index in [0.29, 0.717) is 27.3 Å². The number of aryl methyl sites for hydroxylation is 1. The van der Waals surface area contributed by atoms with Crippen LogP contribution in [0.1, 0.15) is 21.9 Å². The minimum absolute atomic E-state index is 0.00256. The first kappa shape index (κ1) is 25.4. The SMILES string of the molecule is Cc1cc(Cl)ccc1Oc1cc(NC(=O)c2ccc(COc3cccc(Cl)c3Cl)o2)cc([N+](=O)[O-])c1. The lowest BCUT2D eigenvalue weighted by atomic mass is 10.2. The van der Waals surface area contributed by atoms with Crippen molar-refractivity contribution < 1.29 is 23.6 Å². The van der Waals surface area contributed by atoms with Crippen molar-refractivity contribution in [1.82, 2.24) is 0 Å². The molecule has 4 rings (SSSR count). The number of nitrogens with one attached hydrogen (secondary N) is 1. The molecule has 0 radical (unpaired) electrons. The van der Waals surface area contributed by atoms with Crippen molar-refractivity contribution in [3.63, 3.8) is 0 Å². The summed E-state index contributed by atoms with van der Waals surface area (Å²) in [6, 6.07) is 16.9. The van der Waals surface area contributed by atoms with Gasteiger partial charge >= 0.3 is 0 Å². The highest BCUT2D eigenvalue weighted by molar-refractivity contribution is 6.42. The molecular weight excluding hydrogens is 531 g/mol. The van der Waals surface area contributed by atoms with Crippen LogP contribution in [0, 0.1) is 17.0 Å². The Labute approximate surface area is 220 Å². The van der Waals surface area contributed by atoms with E-state index in [2.05, 4.69) is 5.32 Å². The molecule has 11 heteroatoms. The summed E-state index contributed by atoms with van der Waals surface area (Å²) in [5, 5.41) is 15.2. The largest absolute Gasteiger partial charge is 0.484 e. The van der Waals surface area contributed by atoms with E-state index in [1.807, 2.05) is 0 Å². The number of furan rings is 1. The van der Waals surface area contributed by atoms with Crippen LogP contribution in [0.2, 0.25) is 15.1 Å². The standard InChI is InChI=1S/C25H17Cl3N2O6/c1-14-9-15(26)5-7-21(14)36-19-11-16(10-17(12-19)30(32)33)29-25(31)23-8-6-18(35-23)13-34-22-4-2-3-20(27)24(22)28/h2-12H,13H2,1H3,(H,29,31). The molecule has 184 valence electrons. The van der Waals surface area contributed by atoms with Gasteiger partial charge in [0.25, 0.3) is 11.6 Å². The van der Waals surface area contributed by atoms with Crippen LogP contribution >= 0.6 is 34.8 Å². The highest BCUT2D eigenvalue weighted by Gasteiger charge is 2.17. The molecule has 1 heterocycles. The van der Waals surface area contributed by atoms with E-state index >= 15 is 0 Å². The van der Waals surface area contributed by atoms with Gasteiger partial charge in [-0.1, -0.05) is 40.9 Å². The number of halogens is 3. The second-order valence-corrected chi connectivity index (χ2v) is 8.77. The van der Waals surface area contributed by atoms with Crippen molar-refractivity contribution >= 4 is 52.1 Å². The van der Waals surface area contributed by atoms with Crippen molar-refractivity contribution in [2.24, 2.45) is 0 Å². The quantitative estimate of drug-likeness (QED) is 0.177. The molecule has 0 aliphatic heterocycles. The number of anilines is 1. The number of hydrogen-bond donors (Lipinski definition) is 1. The van der Waals surface area contributed by atoms with Crippen LogP contribution in [0.5, 0.6) is 17.2 Å². The summed E-state index contributed by atoms with van der Waals surface area (Å²) in [5.41, 5.74) is 0.626. The minimum atomic E-state index is -0.615. The maximum absolute atomic E-state index is 12.7. The van der Waals surface area contributed by atoms with E-state index in [-0.39, 0.29) is 34.5 Å². The van der Waals surface area contributed by atoms with Crippen LogP contribution in [0.3, 0.4) is 0 Å². The topological polar surface area (TPSA) is 104 Å². The number of benzene rings is 3. The molecule has 0 spiro atoms. The number of carbonyl (C=O) groups is 1. The number of nitro benzene ring substituents is 1. The third-order valence-electron chi connectivity index (χ3n) is 4.90. The molecule has 0 aliphatic rings. The Balaban J connectivity index is 1.48. The maximum atomic E-state index is 12.7. The van der Waals surface area contributed by atoms with Crippen LogP contribution in [-0.2, 0) is 6.61 Å². The molecule has 1 N–H and O–H groups in total. The number of ether oxygens (including phenoxy) is 2. The lowest BCUT2D eigenvalue weighted by molar-refractivity contribution is -0.384. The number of non-ortho nitro benzene ring substituents is 1. The predicted octanol–water partition coefficient (Wildman–Crippen LogP) is 8.08. The van der Waals surface area contributed by atoms with E-state index in [9.17, 15) is 14.9 Å². The fourth-order valence-electron chi connectivity index (χ4n) is 3.19. The number of nitrogens with zero attached hydrogens (tertiary/aromatic N) is 1. The van der Waals surface area contributed by atoms with Crippen LogP contribution in [0.4, 0.5) is 11.4 Å². The lowest BCUT2D eigenvalue weighted by Crippen LogP contribution is -2.11. The first-order valence-electron chi connectivity index (χ1n) is 10.4. The van der Waals surface area contributed by atoms with Crippen LogP contribution in [0.15, 0.2) is 71.1 Å². The monoisotopic (exact) mass is 546 g/mol. The Kier molecular flexibility index (Phi) is 7.69. The molecule has 1 amide bonds. The fraction of sp³-hybridized carbons (Fsp3) is 0.0800. The average molecular weight is 548 g/mol. The molecule has 0 fully saturated rings. The van der Waals surface area contributed by atoms with Gasteiger partial charge in [0, 0.05) is 17.2 Å². The molecule has 0 bridgehead atoms. The normalized spacial score (nSPS) is 10.7. The second kappa shape index (κ2) is 10.9. The van der Waals surface area contributed by atoms with Gasteiger partial charge in [0.2, 0.25) is 0 Å². The second-order valence-electron chi connectivity index (χ2n) is 7.55. The van der Waals surface area contributed by atoms with Gasteiger partial charge in [0.15, 0.2) is 5.76 Å². The molecule has 4 aromatic rings. The molecule has 0 atom stereocenters. The van der Waals surface area contributed by atoms with Crippen molar-refractivity contribution in [2.75, 3.05) is 5.32 Å². The zero-order valence-electron chi connectivity index (χ0n) is 18.6. The predicted molar refractivity (Wildman–Crippen MR) is 137 cm³/mol. The van der Waals surface area contributed by atoms with E-state index in [1.54, 1.807) is 49.4 Å². The Morgan fingerprint density at radius 2 is 1.83 bits per heavy atom. The van der Waals surface area contributed by atoms with Crippen LogP contribution in [0.25, 0.3) is 0 Å². The Hall–Kier alpha value is -3.72. The molecule has 0 saturated carbocycles. The summed E-state index contributed by atoms with van der Waals surface area (Å²) in [7, 11) is 0. The highest BCUT2D eigenvalue weighted by Crippen LogP contribution is 2.33. The first-order valence-corrected chi connectivity index (χ1v) is 11.5. The number of nitro groups is 1. The van der Waals surface area contributed by atoms with Crippen LogP contribution in [-0.4, -0.2) is 10.8 Å². The summed E-state index contributed by atoms with van der Waals surface area (Å²) >= 11 is 18.1. The summed E-state index contributed by atoms with van der Waals surface area (Å²) < 4.78 is 17.0. The van der Waals surface area contributed by atoms with E-state index in [1.165, 1.54) is 24.3 Å². The van der Waals surface area contributed by atoms with Crippen molar-refractivity contribution in [1.29, 1.82) is 0 Å². The van der Waals surface area contributed by atoms with Crippen molar-refractivity contribution in [3.8, 4) is 17.2 Å². The van der Waals surface area contributed by atoms with Gasteiger partial charge in [0.1, 0.15) is 34.6 Å². The number of amides is 1. The third-order valence-corrected chi connectivity index (χ3v) is 5.93. The summed E-state index contributed by atoms with van der Waals surface area (Å²) in [6.45, 7) is 1.79. The lowest BCUT2D eigenvalue weighted by Gasteiger charge is -2.11. The molecule has 0 unspecified atom stereocenters. The Morgan fingerprint density at radius 1 is 1.03 bits per heavy atom. The number of rotatable bonds is 8. The van der Waals surface area contributed by atoms with Gasteiger partial charge in [-0.2, -0.15) is 0 Å². The van der Waals surface area contributed by atoms with E-state index in [4.69, 9.17) is 48.7 Å². The number of carbonyl (C=O) groups excluding carboxylic acids is 1. The van der Waals surface area contributed by atoms with Gasteiger partial charge in [-0.3, -0.25) is 14.9 Å². The molecule has 3 aromatic carbocycles. The summed E-state index contributed by atoms with van der Waals surface area (Å²) in [6.07, 6.45) is 0. The fourth-order valence-corrected chi connectivity index (χ4v) is 3.76. The van der Waals surface area contributed by atoms with E-state index < -0.39 is 10.8 Å². The van der Waals surface area contributed by atoms with Gasteiger partial charge in [-0.05, 0) is 55.0 Å². The minimum Gasteiger partial charge on any atom is -0.484 e.